The summed E-state index contributed by atoms with van der Waals surface area (Å²) in [5.41, 5.74) is 1.72. The van der Waals surface area contributed by atoms with Gasteiger partial charge in [-0.05, 0) is 51.4 Å². The van der Waals surface area contributed by atoms with Crippen molar-refractivity contribution in [1.82, 2.24) is 9.80 Å². The summed E-state index contributed by atoms with van der Waals surface area (Å²) in [5, 5.41) is 0. The lowest BCUT2D eigenvalue weighted by atomic mass is 9.69. The zero-order valence-electron chi connectivity index (χ0n) is 14.0. The second kappa shape index (κ2) is 6.62. The van der Waals surface area contributed by atoms with E-state index < -0.39 is 5.41 Å². The molecule has 0 radical (unpaired) electrons. The van der Waals surface area contributed by atoms with Gasteiger partial charge in [0.15, 0.2) is 0 Å². The topological polar surface area (TPSA) is 40.6 Å². The molecular weight excluding hydrogens is 312 g/mol. The van der Waals surface area contributed by atoms with Crippen LogP contribution >= 0.6 is 12.4 Å². The molecule has 0 unspecified atom stereocenters. The molecule has 3 rings (SSSR count). The third-order valence-electron chi connectivity index (χ3n) is 5.32. The Morgan fingerprint density at radius 3 is 2.65 bits per heavy atom. The maximum atomic E-state index is 13.1. The second-order valence-electron chi connectivity index (χ2n) is 6.89. The van der Waals surface area contributed by atoms with Crippen LogP contribution in [0.2, 0.25) is 0 Å². The van der Waals surface area contributed by atoms with Gasteiger partial charge in [0, 0.05) is 19.0 Å². The first-order valence-corrected chi connectivity index (χ1v) is 8.05. The maximum absolute atomic E-state index is 13.1. The number of hydrogen-bond donors (Lipinski definition) is 0. The fourth-order valence-corrected chi connectivity index (χ4v) is 3.74. The lowest BCUT2D eigenvalue weighted by Crippen LogP contribution is -2.45. The standard InChI is InChI=1S/C18H24N2O2.ClH/c1-13(19(2)3)12-20-16(21)11-18(17(20)22)10-6-8-14-7-4-5-9-15(14)18;/h4-5,7,9,13H,6,8,10-12H2,1-3H3;1H/t13-,18-;/m0./s1. The van der Waals surface area contributed by atoms with Gasteiger partial charge in [0.1, 0.15) is 0 Å². The molecule has 4 nitrogen and oxygen atoms in total. The minimum Gasteiger partial charge on any atom is -0.305 e. The Hall–Kier alpha value is -1.39. The number of rotatable bonds is 3. The van der Waals surface area contributed by atoms with Crippen molar-refractivity contribution in [2.24, 2.45) is 0 Å². The van der Waals surface area contributed by atoms with E-state index in [2.05, 4.69) is 6.07 Å². The van der Waals surface area contributed by atoms with Crippen LogP contribution in [-0.2, 0) is 21.4 Å². The number of likely N-dealkylation sites (tertiary alicyclic amines) is 1. The van der Waals surface area contributed by atoms with Crippen molar-refractivity contribution in [2.75, 3.05) is 20.6 Å². The molecule has 1 aromatic rings. The first kappa shape index (κ1) is 18.0. The molecular formula is C18H25ClN2O2. The highest BCUT2D eigenvalue weighted by Crippen LogP contribution is 2.45. The molecule has 0 saturated carbocycles. The van der Waals surface area contributed by atoms with Crippen LogP contribution in [-0.4, -0.2) is 48.3 Å². The second-order valence-corrected chi connectivity index (χ2v) is 6.89. The zero-order valence-corrected chi connectivity index (χ0v) is 14.9. The number of halogens is 1. The van der Waals surface area contributed by atoms with E-state index in [0.717, 1.165) is 24.8 Å². The van der Waals surface area contributed by atoms with Crippen LogP contribution in [0.4, 0.5) is 0 Å². The predicted molar refractivity (Wildman–Crippen MR) is 92.8 cm³/mol. The molecule has 126 valence electrons. The Morgan fingerprint density at radius 1 is 1.26 bits per heavy atom. The number of hydrogen-bond acceptors (Lipinski definition) is 3. The summed E-state index contributed by atoms with van der Waals surface area (Å²) in [5.74, 6) is -0.00578. The number of aryl methyl sites for hydroxylation is 1. The number of imide groups is 1. The molecule has 1 aliphatic carbocycles. The molecule has 23 heavy (non-hydrogen) atoms. The SMILES string of the molecule is C[C@@H](CN1C(=O)C[C@]2(CCCc3ccccc32)C1=O)N(C)C.Cl. The predicted octanol–water partition coefficient (Wildman–Crippen LogP) is 2.39. The number of nitrogens with zero attached hydrogens (tertiary/aromatic N) is 2. The normalized spacial score (nSPS) is 24.8. The quantitative estimate of drug-likeness (QED) is 0.796. The van der Waals surface area contributed by atoms with E-state index in [1.54, 1.807) is 0 Å². The highest BCUT2D eigenvalue weighted by atomic mass is 35.5. The minimum absolute atomic E-state index is 0. The van der Waals surface area contributed by atoms with Gasteiger partial charge in [0.25, 0.3) is 0 Å². The van der Waals surface area contributed by atoms with Crippen LogP contribution < -0.4 is 0 Å². The van der Waals surface area contributed by atoms with Crippen LogP contribution in [0.25, 0.3) is 0 Å². The van der Waals surface area contributed by atoms with E-state index in [9.17, 15) is 9.59 Å². The van der Waals surface area contributed by atoms with Crippen molar-refractivity contribution < 1.29 is 9.59 Å². The molecule has 5 heteroatoms. The number of amides is 2. The molecule has 1 aliphatic heterocycles. The van der Waals surface area contributed by atoms with Gasteiger partial charge in [-0.25, -0.2) is 0 Å². The fraction of sp³-hybridized carbons (Fsp3) is 0.556. The summed E-state index contributed by atoms with van der Waals surface area (Å²) < 4.78 is 0. The van der Waals surface area contributed by atoms with Crippen molar-refractivity contribution in [2.45, 2.75) is 44.1 Å². The lowest BCUT2D eigenvalue weighted by Gasteiger charge is -2.34. The summed E-state index contributed by atoms with van der Waals surface area (Å²) >= 11 is 0. The van der Waals surface area contributed by atoms with Crippen LogP contribution in [0.1, 0.15) is 37.3 Å². The largest absolute Gasteiger partial charge is 0.305 e. The minimum atomic E-state index is -0.599. The Labute approximate surface area is 144 Å². The van der Waals surface area contributed by atoms with Gasteiger partial charge >= 0.3 is 0 Å². The van der Waals surface area contributed by atoms with E-state index in [4.69, 9.17) is 0 Å². The monoisotopic (exact) mass is 336 g/mol. The Bertz CT molecular complexity index is 617. The summed E-state index contributed by atoms with van der Waals surface area (Å²) in [4.78, 5) is 29.1. The summed E-state index contributed by atoms with van der Waals surface area (Å²) in [6, 6.07) is 8.30. The van der Waals surface area contributed by atoms with Gasteiger partial charge in [-0.3, -0.25) is 14.5 Å². The molecule has 0 N–H and O–H groups in total. The van der Waals surface area contributed by atoms with Crippen molar-refractivity contribution >= 4 is 24.2 Å². The fourth-order valence-electron chi connectivity index (χ4n) is 3.74. The first-order valence-electron chi connectivity index (χ1n) is 8.05. The third kappa shape index (κ3) is 2.90. The van der Waals surface area contributed by atoms with Crippen LogP contribution in [0.3, 0.4) is 0 Å². The average molecular weight is 337 g/mol. The number of fused-ring (bicyclic) bond motifs is 2. The summed E-state index contributed by atoms with van der Waals surface area (Å²) in [7, 11) is 3.95. The average Bonchev–Trinajstić information content (AvgIpc) is 2.73. The van der Waals surface area contributed by atoms with Crippen molar-refractivity contribution in [1.29, 1.82) is 0 Å². The van der Waals surface area contributed by atoms with Crippen molar-refractivity contribution in [3.05, 3.63) is 35.4 Å². The van der Waals surface area contributed by atoms with Crippen LogP contribution in [0, 0.1) is 0 Å². The molecule has 2 aliphatic rings. The van der Waals surface area contributed by atoms with Gasteiger partial charge in [0.05, 0.1) is 5.41 Å². The van der Waals surface area contributed by atoms with E-state index in [0.29, 0.717) is 13.0 Å². The number of benzene rings is 1. The molecule has 1 saturated heterocycles. The number of likely N-dealkylation sites (N-methyl/N-ethyl adjacent to an activating group) is 1. The molecule has 2 amide bonds. The van der Waals surface area contributed by atoms with Gasteiger partial charge in [0.2, 0.25) is 11.8 Å². The smallest absolute Gasteiger partial charge is 0.240 e. The highest BCUT2D eigenvalue weighted by molar-refractivity contribution is 6.09. The Balaban J connectivity index is 0.00000192. The number of carbonyl (C=O) groups excluding carboxylic acids is 2. The molecule has 1 heterocycles. The Morgan fingerprint density at radius 2 is 1.96 bits per heavy atom. The molecule has 1 fully saturated rings. The van der Waals surface area contributed by atoms with E-state index in [-0.39, 0.29) is 30.3 Å². The maximum Gasteiger partial charge on any atom is 0.240 e. The molecule has 1 aromatic carbocycles. The molecule has 2 atom stereocenters. The summed E-state index contributed by atoms with van der Waals surface area (Å²) in [6.07, 6.45) is 3.12. The zero-order chi connectivity index (χ0) is 15.9. The first-order chi connectivity index (χ1) is 10.5. The van der Waals surface area contributed by atoms with Crippen molar-refractivity contribution in [3.8, 4) is 0 Å². The lowest BCUT2D eigenvalue weighted by molar-refractivity contribution is -0.140. The summed E-state index contributed by atoms with van der Waals surface area (Å²) in [6.45, 7) is 2.52. The third-order valence-corrected chi connectivity index (χ3v) is 5.32. The molecule has 0 aromatic heterocycles. The molecule has 1 spiro atoms. The van der Waals surface area contributed by atoms with Gasteiger partial charge < -0.3 is 4.90 Å². The van der Waals surface area contributed by atoms with Crippen LogP contribution in [0.5, 0.6) is 0 Å². The van der Waals surface area contributed by atoms with Gasteiger partial charge in [-0.1, -0.05) is 24.3 Å². The molecule has 0 bridgehead atoms. The highest BCUT2D eigenvalue weighted by Gasteiger charge is 2.54. The number of carbonyl (C=O) groups is 2. The Kier molecular flexibility index (Phi) is 5.17. The van der Waals surface area contributed by atoms with E-state index in [1.807, 2.05) is 44.1 Å². The van der Waals surface area contributed by atoms with Crippen LogP contribution in [0.15, 0.2) is 24.3 Å². The van der Waals surface area contributed by atoms with Gasteiger partial charge in [-0.15, -0.1) is 12.4 Å². The van der Waals surface area contributed by atoms with E-state index >= 15 is 0 Å². The van der Waals surface area contributed by atoms with Gasteiger partial charge in [-0.2, -0.15) is 0 Å². The van der Waals surface area contributed by atoms with E-state index in [1.165, 1.54) is 10.5 Å². The van der Waals surface area contributed by atoms with Crippen molar-refractivity contribution in [3.63, 3.8) is 0 Å².